The average Bonchev–Trinajstić information content (AvgIpc) is 3.04. The summed E-state index contributed by atoms with van der Waals surface area (Å²) < 4.78 is 0. The molecule has 0 amide bonds. The van der Waals surface area contributed by atoms with Crippen LogP contribution >= 0.6 is 0 Å². The smallest absolute Gasteiger partial charge is 0.196 e. The Balaban J connectivity index is 1.85. The molecule has 2 aliphatic rings. The predicted octanol–water partition coefficient (Wildman–Crippen LogP) is 2.97. The van der Waals surface area contributed by atoms with Crippen molar-refractivity contribution >= 4 is 11.6 Å². The average molecular weight is 277 g/mol. The Morgan fingerprint density at radius 3 is 2.67 bits per heavy atom. The van der Waals surface area contributed by atoms with Gasteiger partial charge in [0.1, 0.15) is 0 Å². The van der Waals surface area contributed by atoms with Gasteiger partial charge in [0.25, 0.3) is 0 Å². The fourth-order valence-corrected chi connectivity index (χ4v) is 3.71. The maximum Gasteiger partial charge on any atom is 0.196 e. The van der Waals surface area contributed by atoms with Crippen LogP contribution in [0, 0.1) is 6.92 Å². The molecule has 2 N–H and O–H groups in total. The molecule has 1 atom stereocenters. The van der Waals surface area contributed by atoms with E-state index in [2.05, 4.69) is 65.3 Å². The quantitative estimate of drug-likeness (QED) is 0.870. The van der Waals surface area contributed by atoms with Crippen LogP contribution in [-0.4, -0.2) is 12.5 Å². The lowest BCUT2D eigenvalue weighted by Crippen LogP contribution is -2.48. The molecule has 1 unspecified atom stereocenters. The van der Waals surface area contributed by atoms with Gasteiger partial charge in [0, 0.05) is 5.69 Å². The van der Waals surface area contributed by atoms with Crippen LogP contribution in [0.15, 0.2) is 53.5 Å². The van der Waals surface area contributed by atoms with Crippen molar-refractivity contribution in [2.45, 2.75) is 25.3 Å². The van der Waals surface area contributed by atoms with E-state index in [1.165, 1.54) is 16.7 Å². The normalized spacial score (nSPS) is 23.5. The second-order valence-electron chi connectivity index (χ2n) is 6.03. The van der Waals surface area contributed by atoms with Crippen molar-refractivity contribution in [2.24, 2.45) is 10.7 Å². The summed E-state index contributed by atoms with van der Waals surface area (Å²) in [5, 5.41) is 0. The van der Waals surface area contributed by atoms with E-state index in [0.717, 1.165) is 25.1 Å². The van der Waals surface area contributed by atoms with Crippen LogP contribution in [-0.2, 0) is 12.0 Å². The van der Waals surface area contributed by atoms with Gasteiger partial charge < -0.3 is 10.6 Å². The lowest BCUT2D eigenvalue weighted by molar-refractivity contribution is 0.476. The van der Waals surface area contributed by atoms with Crippen molar-refractivity contribution in [3.8, 4) is 0 Å². The molecular formula is C18H19N3. The highest BCUT2D eigenvalue weighted by molar-refractivity contribution is 5.98. The zero-order valence-corrected chi connectivity index (χ0v) is 12.2. The first kappa shape index (κ1) is 12.5. The lowest BCUT2D eigenvalue weighted by Gasteiger charge is -2.37. The molecule has 0 radical (unpaired) electrons. The van der Waals surface area contributed by atoms with Gasteiger partial charge in [-0.25, -0.2) is 0 Å². The van der Waals surface area contributed by atoms with Crippen LogP contribution in [0.4, 0.5) is 5.69 Å². The van der Waals surface area contributed by atoms with Crippen molar-refractivity contribution in [1.29, 1.82) is 0 Å². The van der Waals surface area contributed by atoms with Crippen LogP contribution in [0.25, 0.3) is 0 Å². The number of hydrogen-bond acceptors (Lipinski definition) is 3. The van der Waals surface area contributed by atoms with Gasteiger partial charge in [0.2, 0.25) is 0 Å². The summed E-state index contributed by atoms with van der Waals surface area (Å²) >= 11 is 0. The summed E-state index contributed by atoms with van der Waals surface area (Å²) in [7, 11) is 0. The monoisotopic (exact) mass is 277 g/mol. The number of anilines is 1. The summed E-state index contributed by atoms with van der Waals surface area (Å²) in [6.45, 7) is 2.86. The molecule has 0 saturated carbocycles. The van der Waals surface area contributed by atoms with Crippen LogP contribution in [0.5, 0.6) is 0 Å². The number of aryl methyl sites for hydroxylation is 2. The maximum atomic E-state index is 6.24. The summed E-state index contributed by atoms with van der Waals surface area (Å²) in [6, 6.07) is 17.3. The molecule has 1 heterocycles. The van der Waals surface area contributed by atoms with Gasteiger partial charge in [-0.15, -0.1) is 0 Å². The number of nitrogens with two attached hydrogens (primary N) is 1. The topological polar surface area (TPSA) is 41.6 Å². The van der Waals surface area contributed by atoms with Gasteiger partial charge >= 0.3 is 0 Å². The molecule has 1 spiro atoms. The summed E-state index contributed by atoms with van der Waals surface area (Å²) in [5.41, 5.74) is 11.4. The molecule has 2 aromatic rings. The van der Waals surface area contributed by atoms with E-state index < -0.39 is 0 Å². The minimum Gasteiger partial charge on any atom is -0.369 e. The highest BCUT2D eigenvalue weighted by Crippen LogP contribution is 2.46. The van der Waals surface area contributed by atoms with Crippen molar-refractivity contribution in [3.05, 3.63) is 65.2 Å². The Labute approximate surface area is 125 Å². The minimum atomic E-state index is -0.0874. The molecule has 0 bridgehead atoms. The van der Waals surface area contributed by atoms with E-state index in [1.807, 2.05) is 0 Å². The van der Waals surface area contributed by atoms with Crippen molar-refractivity contribution < 1.29 is 0 Å². The summed E-state index contributed by atoms with van der Waals surface area (Å²) in [4.78, 5) is 6.81. The molecule has 3 heteroatoms. The van der Waals surface area contributed by atoms with Crippen molar-refractivity contribution in [2.75, 3.05) is 11.4 Å². The highest BCUT2D eigenvalue weighted by atomic mass is 15.4. The van der Waals surface area contributed by atoms with Crippen LogP contribution < -0.4 is 10.6 Å². The Kier molecular flexibility index (Phi) is 2.58. The minimum absolute atomic E-state index is 0.0874. The summed E-state index contributed by atoms with van der Waals surface area (Å²) in [6.07, 6.45) is 2.17. The van der Waals surface area contributed by atoms with Gasteiger partial charge in [0.05, 0.1) is 12.1 Å². The number of benzene rings is 2. The molecule has 106 valence electrons. The van der Waals surface area contributed by atoms with Gasteiger partial charge in [0.15, 0.2) is 5.96 Å². The number of aliphatic imine (C=N–C) groups is 1. The molecule has 0 fully saturated rings. The van der Waals surface area contributed by atoms with Gasteiger partial charge in [-0.2, -0.15) is 0 Å². The number of nitrogens with zero attached hydrogens (tertiary/aromatic N) is 2. The van der Waals surface area contributed by atoms with E-state index >= 15 is 0 Å². The van der Waals surface area contributed by atoms with Gasteiger partial charge in [-0.1, -0.05) is 42.0 Å². The zero-order chi connectivity index (χ0) is 14.4. The lowest BCUT2D eigenvalue weighted by atomic mass is 9.90. The van der Waals surface area contributed by atoms with E-state index in [4.69, 9.17) is 5.73 Å². The second kappa shape index (κ2) is 4.35. The molecule has 1 aliphatic heterocycles. The number of guanidine groups is 1. The van der Waals surface area contributed by atoms with Crippen molar-refractivity contribution in [3.63, 3.8) is 0 Å². The van der Waals surface area contributed by atoms with E-state index in [0.29, 0.717) is 5.96 Å². The number of rotatable bonds is 1. The van der Waals surface area contributed by atoms with E-state index in [1.54, 1.807) is 0 Å². The Morgan fingerprint density at radius 1 is 1.10 bits per heavy atom. The second-order valence-corrected chi connectivity index (χ2v) is 6.03. The molecule has 0 aromatic heterocycles. The number of hydrogen-bond donors (Lipinski definition) is 1. The molecule has 0 saturated heterocycles. The third-order valence-electron chi connectivity index (χ3n) is 4.78. The Morgan fingerprint density at radius 2 is 1.86 bits per heavy atom. The van der Waals surface area contributed by atoms with Gasteiger partial charge in [-0.05, 0) is 43.0 Å². The molecule has 4 rings (SSSR count). The first-order valence-corrected chi connectivity index (χ1v) is 7.46. The molecule has 21 heavy (non-hydrogen) atoms. The molecule has 2 aromatic carbocycles. The SMILES string of the molecule is Cc1ccc(N2C(N)=NCC23CCc2ccccc23)cc1. The zero-order valence-electron chi connectivity index (χ0n) is 12.2. The summed E-state index contributed by atoms with van der Waals surface area (Å²) in [5.74, 6) is 0.635. The van der Waals surface area contributed by atoms with Crippen LogP contribution in [0.3, 0.4) is 0 Å². The standard InChI is InChI=1S/C18H19N3/c1-13-6-8-15(9-7-13)21-17(19)20-12-18(21)11-10-14-4-2-3-5-16(14)18/h2-9H,10-12H2,1H3,(H2,19,20). The molecular weight excluding hydrogens is 258 g/mol. The van der Waals surface area contributed by atoms with E-state index in [9.17, 15) is 0 Å². The predicted molar refractivity (Wildman–Crippen MR) is 86.6 cm³/mol. The van der Waals surface area contributed by atoms with Gasteiger partial charge in [-0.3, -0.25) is 4.99 Å². The Bertz CT molecular complexity index is 717. The fraction of sp³-hybridized carbons (Fsp3) is 0.278. The first-order chi connectivity index (χ1) is 10.2. The fourth-order valence-electron chi connectivity index (χ4n) is 3.71. The van der Waals surface area contributed by atoms with Crippen molar-refractivity contribution in [1.82, 2.24) is 0 Å². The largest absolute Gasteiger partial charge is 0.369 e. The number of fused-ring (bicyclic) bond motifs is 2. The van der Waals surface area contributed by atoms with Crippen LogP contribution in [0.2, 0.25) is 0 Å². The van der Waals surface area contributed by atoms with Crippen LogP contribution in [0.1, 0.15) is 23.1 Å². The molecule has 1 aliphatic carbocycles. The Hall–Kier alpha value is -2.29. The third-order valence-corrected chi connectivity index (χ3v) is 4.78. The maximum absolute atomic E-state index is 6.24. The molecule has 3 nitrogen and oxygen atoms in total. The first-order valence-electron chi connectivity index (χ1n) is 7.46. The van der Waals surface area contributed by atoms with E-state index in [-0.39, 0.29) is 5.54 Å². The highest BCUT2D eigenvalue weighted by Gasteiger charge is 2.48. The third kappa shape index (κ3) is 1.70.